The van der Waals surface area contributed by atoms with Crippen molar-refractivity contribution in [2.45, 2.75) is 17.3 Å². The van der Waals surface area contributed by atoms with Crippen LogP contribution < -0.4 is 0 Å². The predicted octanol–water partition coefficient (Wildman–Crippen LogP) is 4.53. The number of nitrogens with zero attached hydrogens (tertiary/aromatic N) is 3. The highest BCUT2D eigenvalue weighted by atomic mass is 35.5. The zero-order valence-corrected chi connectivity index (χ0v) is 16.0. The minimum absolute atomic E-state index is 0.300. The van der Waals surface area contributed by atoms with Crippen molar-refractivity contribution >= 4 is 29.3 Å². The molecule has 1 heterocycles. The normalized spacial score (nSPS) is 12.0. The molecule has 0 saturated heterocycles. The van der Waals surface area contributed by atoms with Crippen molar-refractivity contribution in [2.24, 2.45) is 7.05 Å². The smallest absolute Gasteiger partial charge is 0.324 e. The number of aromatic nitrogens is 3. The minimum atomic E-state index is -0.516. The highest BCUT2D eigenvalue weighted by molar-refractivity contribution is 8.00. The molecular formula is C19H18ClN3O2S. The van der Waals surface area contributed by atoms with Crippen LogP contribution in [0.3, 0.4) is 0 Å². The lowest BCUT2D eigenvalue weighted by Crippen LogP contribution is -2.14. The fourth-order valence-electron chi connectivity index (χ4n) is 2.50. The Morgan fingerprint density at radius 3 is 2.54 bits per heavy atom. The lowest BCUT2D eigenvalue weighted by atomic mass is 10.1. The molecular weight excluding hydrogens is 370 g/mol. The van der Waals surface area contributed by atoms with Crippen molar-refractivity contribution in [3.05, 3.63) is 65.2 Å². The Morgan fingerprint density at radius 1 is 1.15 bits per heavy atom. The zero-order valence-electron chi connectivity index (χ0n) is 14.4. The summed E-state index contributed by atoms with van der Waals surface area (Å²) in [5.74, 6) is 0.347. The van der Waals surface area contributed by atoms with Gasteiger partial charge in [-0.15, -0.1) is 10.2 Å². The quantitative estimate of drug-likeness (QED) is 0.459. The summed E-state index contributed by atoms with van der Waals surface area (Å²) in [5, 5.41) is 9.20. The monoisotopic (exact) mass is 387 g/mol. The Morgan fingerprint density at radius 2 is 1.85 bits per heavy atom. The van der Waals surface area contributed by atoms with Crippen LogP contribution in [0.1, 0.15) is 17.7 Å². The Hall–Kier alpha value is -2.31. The summed E-state index contributed by atoms with van der Waals surface area (Å²) in [5.41, 5.74) is 1.65. The van der Waals surface area contributed by atoms with Crippen LogP contribution in [0.4, 0.5) is 0 Å². The van der Waals surface area contributed by atoms with E-state index < -0.39 is 5.25 Å². The predicted molar refractivity (Wildman–Crippen MR) is 103 cm³/mol. The van der Waals surface area contributed by atoms with Crippen LogP contribution in [-0.2, 0) is 16.6 Å². The van der Waals surface area contributed by atoms with E-state index >= 15 is 0 Å². The van der Waals surface area contributed by atoms with Crippen LogP contribution in [0.5, 0.6) is 0 Å². The number of halogens is 1. The molecule has 5 nitrogen and oxygen atoms in total. The lowest BCUT2D eigenvalue weighted by Gasteiger charge is -2.15. The fourth-order valence-corrected chi connectivity index (χ4v) is 3.72. The average molecular weight is 388 g/mol. The molecule has 0 aliphatic rings. The van der Waals surface area contributed by atoms with Gasteiger partial charge in [-0.2, -0.15) is 0 Å². The number of benzene rings is 2. The number of ether oxygens (including phenoxy) is 1. The molecule has 0 spiro atoms. The maximum absolute atomic E-state index is 12.5. The van der Waals surface area contributed by atoms with Gasteiger partial charge in [0.1, 0.15) is 5.25 Å². The van der Waals surface area contributed by atoms with E-state index in [-0.39, 0.29) is 5.97 Å². The number of esters is 1. The van der Waals surface area contributed by atoms with Crippen molar-refractivity contribution in [1.82, 2.24) is 14.8 Å². The van der Waals surface area contributed by atoms with Crippen LogP contribution in [0, 0.1) is 0 Å². The number of thioether (sulfide) groups is 1. The van der Waals surface area contributed by atoms with E-state index in [4.69, 9.17) is 16.3 Å². The molecule has 7 heteroatoms. The van der Waals surface area contributed by atoms with Crippen molar-refractivity contribution in [3.8, 4) is 11.4 Å². The summed E-state index contributed by atoms with van der Waals surface area (Å²) >= 11 is 7.58. The van der Waals surface area contributed by atoms with Crippen LogP contribution >= 0.6 is 23.4 Å². The number of hydrogen-bond donors (Lipinski definition) is 0. The molecule has 0 fully saturated rings. The number of carbonyl (C=O) groups excluding carboxylic acids is 1. The molecule has 0 N–H and O–H groups in total. The van der Waals surface area contributed by atoms with Gasteiger partial charge in [0.25, 0.3) is 0 Å². The molecule has 0 saturated carbocycles. The molecule has 2 aromatic carbocycles. The molecule has 0 aliphatic carbocycles. The maximum Gasteiger partial charge on any atom is 0.324 e. The molecule has 1 aromatic heterocycles. The molecule has 0 radical (unpaired) electrons. The molecule has 3 rings (SSSR count). The highest BCUT2D eigenvalue weighted by Crippen LogP contribution is 2.37. The Kier molecular flexibility index (Phi) is 5.96. The second kappa shape index (κ2) is 8.38. The van der Waals surface area contributed by atoms with Crippen molar-refractivity contribution in [2.75, 3.05) is 6.61 Å². The number of hydrogen-bond acceptors (Lipinski definition) is 5. The summed E-state index contributed by atoms with van der Waals surface area (Å²) in [6, 6.07) is 17.0. The molecule has 0 amide bonds. The molecule has 0 bridgehead atoms. The van der Waals surface area contributed by atoms with Gasteiger partial charge < -0.3 is 9.30 Å². The minimum Gasteiger partial charge on any atom is -0.465 e. The summed E-state index contributed by atoms with van der Waals surface area (Å²) < 4.78 is 7.08. The third-order valence-electron chi connectivity index (χ3n) is 3.78. The molecule has 26 heavy (non-hydrogen) atoms. The average Bonchev–Trinajstić information content (AvgIpc) is 3.01. The lowest BCUT2D eigenvalue weighted by molar-refractivity contribution is -0.142. The van der Waals surface area contributed by atoms with Gasteiger partial charge in [0, 0.05) is 12.6 Å². The largest absolute Gasteiger partial charge is 0.465 e. The number of rotatable bonds is 6. The first-order chi connectivity index (χ1) is 12.6. The maximum atomic E-state index is 12.5. The first-order valence-corrected chi connectivity index (χ1v) is 9.40. The van der Waals surface area contributed by atoms with Gasteiger partial charge in [-0.25, -0.2) is 0 Å². The highest BCUT2D eigenvalue weighted by Gasteiger charge is 2.26. The summed E-state index contributed by atoms with van der Waals surface area (Å²) in [4.78, 5) is 12.5. The van der Waals surface area contributed by atoms with Crippen LogP contribution in [0.2, 0.25) is 5.02 Å². The van der Waals surface area contributed by atoms with Crippen LogP contribution in [0.15, 0.2) is 59.8 Å². The Bertz CT molecular complexity index is 899. The molecule has 134 valence electrons. The van der Waals surface area contributed by atoms with E-state index in [0.717, 1.165) is 11.1 Å². The molecule has 0 aliphatic heterocycles. The zero-order chi connectivity index (χ0) is 18.5. The van der Waals surface area contributed by atoms with Gasteiger partial charge in [0.05, 0.1) is 11.6 Å². The van der Waals surface area contributed by atoms with Gasteiger partial charge in [-0.05, 0) is 24.6 Å². The van der Waals surface area contributed by atoms with Gasteiger partial charge in [0.2, 0.25) is 0 Å². The third kappa shape index (κ3) is 3.92. The van der Waals surface area contributed by atoms with E-state index in [0.29, 0.717) is 22.6 Å². The topological polar surface area (TPSA) is 57.0 Å². The molecule has 1 atom stereocenters. The van der Waals surface area contributed by atoms with E-state index in [1.54, 1.807) is 6.92 Å². The molecule has 3 aromatic rings. The van der Waals surface area contributed by atoms with Crippen molar-refractivity contribution in [3.63, 3.8) is 0 Å². The van der Waals surface area contributed by atoms with E-state index in [2.05, 4.69) is 10.2 Å². The first kappa shape index (κ1) is 18.5. The Balaban J connectivity index is 1.93. The van der Waals surface area contributed by atoms with Gasteiger partial charge >= 0.3 is 5.97 Å². The van der Waals surface area contributed by atoms with Crippen LogP contribution in [0.25, 0.3) is 11.4 Å². The summed E-state index contributed by atoms with van der Waals surface area (Å²) in [6.45, 7) is 2.12. The van der Waals surface area contributed by atoms with Gasteiger partial charge in [0.15, 0.2) is 11.0 Å². The van der Waals surface area contributed by atoms with Crippen molar-refractivity contribution in [1.29, 1.82) is 0 Å². The standard InChI is InChI=1S/C19H18ClN3O2S/c1-3-25-18(24)16(13-9-5-4-6-10-13)26-19-22-21-17(23(19)2)14-11-7-8-12-15(14)20/h4-12,16H,3H2,1-2H3/t16-/m1/s1. The van der Waals surface area contributed by atoms with Crippen LogP contribution in [-0.4, -0.2) is 27.3 Å². The number of carbonyl (C=O) groups is 1. The second-order valence-electron chi connectivity index (χ2n) is 5.51. The third-order valence-corrected chi connectivity index (χ3v) is 5.37. The van der Waals surface area contributed by atoms with Gasteiger partial charge in [-0.1, -0.05) is 65.8 Å². The summed E-state index contributed by atoms with van der Waals surface area (Å²) in [7, 11) is 1.86. The SMILES string of the molecule is CCOC(=O)[C@H](Sc1nnc(-c2ccccc2Cl)n1C)c1ccccc1. The Labute approximate surface area is 161 Å². The summed E-state index contributed by atoms with van der Waals surface area (Å²) in [6.07, 6.45) is 0. The van der Waals surface area contributed by atoms with Crippen molar-refractivity contribution < 1.29 is 9.53 Å². The van der Waals surface area contributed by atoms with E-state index in [9.17, 15) is 4.79 Å². The fraction of sp³-hybridized carbons (Fsp3) is 0.211. The second-order valence-corrected chi connectivity index (χ2v) is 6.99. The van der Waals surface area contributed by atoms with E-state index in [1.807, 2.05) is 66.2 Å². The van der Waals surface area contributed by atoms with E-state index in [1.165, 1.54) is 11.8 Å². The molecule has 0 unspecified atom stereocenters. The first-order valence-electron chi connectivity index (χ1n) is 8.14. The van der Waals surface area contributed by atoms with Gasteiger partial charge in [-0.3, -0.25) is 4.79 Å².